The van der Waals surface area contributed by atoms with Crippen LogP contribution in [0.15, 0.2) is 35.5 Å². The maximum Gasteiger partial charge on any atom is 0.147 e. The lowest BCUT2D eigenvalue weighted by Gasteiger charge is -2.09. The molecule has 0 amide bonds. The molecule has 1 aromatic rings. The molecule has 82 valence electrons. The van der Waals surface area contributed by atoms with Crippen molar-refractivity contribution in [3.05, 3.63) is 35.9 Å². The number of benzene rings is 1. The minimum atomic E-state index is -0.611. The predicted octanol–water partition coefficient (Wildman–Crippen LogP) is 2.52. The molecule has 3 nitrogen and oxygen atoms in total. The van der Waals surface area contributed by atoms with E-state index in [9.17, 15) is 5.11 Å². The van der Waals surface area contributed by atoms with Crippen LogP contribution in [0.4, 0.5) is 0 Å². The molecule has 0 aliphatic heterocycles. The third-order valence-corrected chi connectivity index (χ3v) is 2.15. The Balaban J connectivity index is 2.40. The van der Waals surface area contributed by atoms with Crippen molar-refractivity contribution >= 4 is 5.71 Å². The Kier molecular flexibility index (Phi) is 4.84. The van der Waals surface area contributed by atoms with Gasteiger partial charge in [-0.05, 0) is 18.9 Å². The van der Waals surface area contributed by atoms with Gasteiger partial charge >= 0.3 is 0 Å². The monoisotopic (exact) mass is 207 g/mol. The Morgan fingerprint density at radius 1 is 1.40 bits per heavy atom. The highest BCUT2D eigenvalue weighted by molar-refractivity contribution is 5.80. The second kappa shape index (κ2) is 6.19. The molecule has 0 radical (unpaired) electrons. The molecular formula is C12H17NO2. The van der Waals surface area contributed by atoms with Crippen LogP contribution in [-0.4, -0.2) is 17.4 Å². The second-order valence-corrected chi connectivity index (χ2v) is 3.40. The highest BCUT2D eigenvalue weighted by Crippen LogP contribution is 2.12. The molecule has 0 aliphatic rings. The average Bonchev–Trinajstić information content (AvgIpc) is 2.29. The van der Waals surface area contributed by atoms with E-state index in [-0.39, 0.29) is 6.61 Å². The average molecular weight is 207 g/mol. The second-order valence-electron chi connectivity index (χ2n) is 3.40. The number of nitrogens with zero attached hydrogens (tertiary/aromatic N) is 1. The Morgan fingerprint density at radius 3 is 2.67 bits per heavy atom. The van der Waals surface area contributed by atoms with Crippen LogP contribution in [0.25, 0.3) is 0 Å². The van der Waals surface area contributed by atoms with Gasteiger partial charge < -0.3 is 9.94 Å². The molecule has 0 spiro atoms. The molecule has 0 bridgehead atoms. The summed E-state index contributed by atoms with van der Waals surface area (Å²) in [5.74, 6) is 0. The standard InChI is InChI=1S/C12H17NO2/c1-3-10(2)13-15-9-12(14)11-7-5-4-6-8-11/h4-8,12,14H,3,9H2,1-2H3. The van der Waals surface area contributed by atoms with Gasteiger partial charge in [0, 0.05) is 0 Å². The van der Waals surface area contributed by atoms with Crippen LogP contribution >= 0.6 is 0 Å². The van der Waals surface area contributed by atoms with E-state index in [0.717, 1.165) is 17.7 Å². The van der Waals surface area contributed by atoms with E-state index in [2.05, 4.69) is 5.16 Å². The third-order valence-electron chi connectivity index (χ3n) is 2.15. The Bertz CT molecular complexity index is 309. The summed E-state index contributed by atoms with van der Waals surface area (Å²) in [5, 5.41) is 13.6. The lowest BCUT2D eigenvalue weighted by atomic mass is 10.1. The molecule has 0 saturated heterocycles. The zero-order chi connectivity index (χ0) is 11.1. The summed E-state index contributed by atoms with van der Waals surface area (Å²) in [6, 6.07) is 9.42. The van der Waals surface area contributed by atoms with E-state index in [1.807, 2.05) is 44.2 Å². The summed E-state index contributed by atoms with van der Waals surface area (Å²) in [5.41, 5.74) is 1.78. The van der Waals surface area contributed by atoms with Crippen LogP contribution in [0.2, 0.25) is 0 Å². The molecule has 1 unspecified atom stereocenters. The van der Waals surface area contributed by atoms with E-state index in [0.29, 0.717) is 0 Å². The zero-order valence-corrected chi connectivity index (χ0v) is 9.18. The fourth-order valence-electron chi connectivity index (χ4n) is 1.05. The molecule has 1 N–H and O–H groups in total. The predicted molar refractivity (Wildman–Crippen MR) is 60.8 cm³/mol. The van der Waals surface area contributed by atoms with E-state index in [1.165, 1.54) is 0 Å². The summed E-state index contributed by atoms with van der Waals surface area (Å²) in [4.78, 5) is 5.04. The Labute approximate surface area is 90.4 Å². The van der Waals surface area contributed by atoms with Gasteiger partial charge in [-0.2, -0.15) is 0 Å². The molecule has 15 heavy (non-hydrogen) atoms. The van der Waals surface area contributed by atoms with E-state index in [4.69, 9.17) is 4.84 Å². The summed E-state index contributed by atoms with van der Waals surface area (Å²) in [6.07, 6.45) is 0.251. The van der Waals surface area contributed by atoms with Gasteiger partial charge in [-0.25, -0.2) is 0 Å². The lowest BCUT2D eigenvalue weighted by Crippen LogP contribution is -2.05. The van der Waals surface area contributed by atoms with Gasteiger partial charge in [0.15, 0.2) is 0 Å². The van der Waals surface area contributed by atoms with Crippen molar-refractivity contribution in [2.45, 2.75) is 26.4 Å². The number of rotatable bonds is 5. The van der Waals surface area contributed by atoms with Crippen molar-refractivity contribution < 1.29 is 9.94 Å². The molecule has 1 atom stereocenters. The molecular weight excluding hydrogens is 190 g/mol. The molecule has 3 heteroatoms. The van der Waals surface area contributed by atoms with Crippen molar-refractivity contribution in [2.24, 2.45) is 5.16 Å². The molecule has 0 aliphatic carbocycles. The first-order chi connectivity index (χ1) is 7.24. The topological polar surface area (TPSA) is 41.8 Å². The SMILES string of the molecule is CCC(C)=NOCC(O)c1ccccc1. The first-order valence-electron chi connectivity index (χ1n) is 5.12. The summed E-state index contributed by atoms with van der Waals surface area (Å²) in [7, 11) is 0. The number of hydrogen-bond donors (Lipinski definition) is 1. The number of hydrogen-bond acceptors (Lipinski definition) is 3. The zero-order valence-electron chi connectivity index (χ0n) is 9.18. The lowest BCUT2D eigenvalue weighted by molar-refractivity contribution is 0.0391. The van der Waals surface area contributed by atoms with Gasteiger partial charge in [-0.1, -0.05) is 42.4 Å². The van der Waals surface area contributed by atoms with Crippen LogP contribution in [0.5, 0.6) is 0 Å². The van der Waals surface area contributed by atoms with Crippen molar-refractivity contribution in [1.29, 1.82) is 0 Å². The van der Waals surface area contributed by atoms with Crippen molar-refractivity contribution in [3.8, 4) is 0 Å². The summed E-state index contributed by atoms with van der Waals surface area (Å²) < 4.78 is 0. The van der Waals surface area contributed by atoms with Crippen molar-refractivity contribution in [2.75, 3.05) is 6.61 Å². The van der Waals surface area contributed by atoms with Gasteiger partial charge in [-0.3, -0.25) is 0 Å². The van der Waals surface area contributed by atoms with Gasteiger partial charge in [-0.15, -0.1) is 0 Å². The van der Waals surface area contributed by atoms with Crippen molar-refractivity contribution in [3.63, 3.8) is 0 Å². The fourth-order valence-corrected chi connectivity index (χ4v) is 1.05. The molecule has 1 rings (SSSR count). The number of aliphatic hydroxyl groups is 1. The summed E-state index contributed by atoms with van der Waals surface area (Å²) >= 11 is 0. The Hall–Kier alpha value is -1.35. The largest absolute Gasteiger partial charge is 0.393 e. The molecule has 0 aromatic heterocycles. The first-order valence-corrected chi connectivity index (χ1v) is 5.12. The van der Waals surface area contributed by atoms with Gasteiger partial charge in [0.1, 0.15) is 12.7 Å². The molecule has 1 aromatic carbocycles. The van der Waals surface area contributed by atoms with Gasteiger partial charge in [0.2, 0.25) is 0 Å². The molecule has 0 heterocycles. The third kappa shape index (κ3) is 4.13. The van der Waals surface area contributed by atoms with E-state index >= 15 is 0 Å². The molecule has 0 fully saturated rings. The maximum atomic E-state index is 9.71. The highest BCUT2D eigenvalue weighted by Gasteiger charge is 2.06. The minimum absolute atomic E-state index is 0.196. The maximum absolute atomic E-state index is 9.71. The van der Waals surface area contributed by atoms with Crippen LogP contribution in [0, 0.1) is 0 Å². The number of oxime groups is 1. The normalized spacial score (nSPS) is 13.7. The first kappa shape index (κ1) is 11.7. The fraction of sp³-hybridized carbons (Fsp3) is 0.417. The smallest absolute Gasteiger partial charge is 0.147 e. The van der Waals surface area contributed by atoms with E-state index in [1.54, 1.807) is 0 Å². The quantitative estimate of drug-likeness (QED) is 0.595. The van der Waals surface area contributed by atoms with Crippen molar-refractivity contribution in [1.82, 2.24) is 0 Å². The number of aliphatic hydroxyl groups excluding tert-OH is 1. The van der Waals surface area contributed by atoms with Crippen LogP contribution in [0.1, 0.15) is 31.9 Å². The Morgan fingerprint density at radius 2 is 2.07 bits per heavy atom. The van der Waals surface area contributed by atoms with Crippen LogP contribution in [-0.2, 0) is 4.84 Å². The molecule has 0 saturated carbocycles. The van der Waals surface area contributed by atoms with E-state index < -0.39 is 6.10 Å². The van der Waals surface area contributed by atoms with Gasteiger partial charge in [0.05, 0.1) is 5.71 Å². The highest BCUT2D eigenvalue weighted by atomic mass is 16.6. The minimum Gasteiger partial charge on any atom is -0.393 e. The van der Waals surface area contributed by atoms with Gasteiger partial charge in [0.25, 0.3) is 0 Å². The van der Waals surface area contributed by atoms with Crippen LogP contribution in [0.3, 0.4) is 0 Å². The van der Waals surface area contributed by atoms with Crippen LogP contribution < -0.4 is 0 Å². The summed E-state index contributed by atoms with van der Waals surface area (Å²) in [6.45, 7) is 4.10.